The van der Waals surface area contributed by atoms with Crippen LogP contribution in [0.1, 0.15) is 62.4 Å². The first kappa shape index (κ1) is 11.4. The van der Waals surface area contributed by atoms with Crippen LogP contribution in [0.3, 0.4) is 0 Å². The second kappa shape index (κ2) is 6.55. The van der Waals surface area contributed by atoms with Gasteiger partial charge in [0, 0.05) is 29.7 Å². The lowest BCUT2D eigenvalue weighted by Crippen LogP contribution is -2.20. The summed E-state index contributed by atoms with van der Waals surface area (Å²) >= 11 is 0. The molecule has 1 saturated carbocycles. The zero-order valence-electron chi connectivity index (χ0n) is 17.1. The topological polar surface area (TPSA) is 86.8 Å². The van der Waals surface area contributed by atoms with Crippen LogP contribution in [0.25, 0.3) is 11.0 Å². The average Bonchev–Trinajstić information content (AvgIpc) is 3.01. The van der Waals surface area contributed by atoms with Crippen molar-refractivity contribution in [2.75, 3.05) is 12.4 Å². The Bertz CT molecular complexity index is 863. The first-order valence-electron chi connectivity index (χ1n) is 9.84. The number of pyridine rings is 1. The van der Waals surface area contributed by atoms with Crippen molar-refractivity contribution >= 4 is 16.9 Å². The molecular weight excluding hydrogens is 290 g/mol. The van der Waals surface area contributed by atoms with Gasteiger partial charge in [0.25, 0.3) is 0 Å². The van der Waals surface area contributed by atoms with E-state index in [2.05, 4.69) is 21.4 Å². The van der Waals surface area contributed by atoms with Crippen molar-refractivity contribution in [3.05, 3.63) is 18.1 Å². The summed E-state index contributed by atoms with van der Waals surface area (Å²) in [7, 11) is 1.73. The van der Waals surface area contributed by atoms with E-state index in [-0.39, 0.29) is 11.9 Å². The molecule has 6 heteroatoms. The number of fused-ring (bicyclic) bond motifs is 1. The summed E-state index contributed by atoms with van der Waals surface area (Å²) in [6, 6.07) is 3.87. The van der Waals surface area contributed by atoms with Crippen molar-refractivity contribution < 1.29 is 10.6 Å². The van der Waals surface area contributed by atoms with Gasteiger partial charge >= 0.3 is 0 Å². The highest BCUT2D eigenvalue weighted by Gasteiger charge is 2.27. The lowest BCUT2D eigenvalue weighted by atomic mass is 9.84. The summed E-state index contributed by atoms with van der Waals surface area (Å²) in [5.74, 6) is 0.739. The SMILES string of the molecule is [2H]C([2H])([2H])C([2H])(O)c1nc2cnc(NC)cc2n1[C@H]1CC[C@H](CC#N)CC1. The summed E-state index contributed by atoms with van der Waals surface area (Å²) in [6.45, 7) is -2.94. The number of nitrogens with one attached hydrogen (secondary N) is 1. The predicted molar refractivity (Wildman–Crippen MR) is 88.9 cm³/mol. The Balaban J connectivity index is 2.11. The molecule has 122 valence electrons. The molecule has 1 aliphatic rings. The third kappa shape index (κ3) is 3.02. The van der Waals surface area contributed by atoms with E-state index in [9.17, 15) is 5.11 Å². The second-order valence-electron chi connectivity index (χ2n) is 6.00. The van der Waals surface area contributed by atoms with Gasteiger partial charge in [0.2, 0.25) is 0 Å². The first-order valence-corrected chi connectivity index (χ1v) is 7.84. The predicted octanol–water partition coefficient (Wildman–Crippen LogP) is 3.17. The van der Waals surface area contributed by atoms with Gasteiger partial charge in [-0.2, -0.15) is 5.26 Å². The van der Waals surface area contributed by atoms with E-state index < -0.39 is 12.9 Å². The summed E-state index contributed by atoms with van der Waals surface area (Å²) < 4.78 is 32.6. The molecular formula is C17H23N5O. The molecule has 2 aromatic heterocycles. The molecule has 1 aliphatic carbocycles. The molecule has 0 spiro atoms. The Morgan fingerprint density at radius 1 is 1.57 bits per heavy atom. The molecule has 0 amide bonds. The molecule has 0 bridgehead atoms. The molecule has 0 aliphatic heterocycles. The van der Waals surface area contributed by atoms with Gasteiger partial charge in [0.05, 0.1) is 19.2 Å². The third-order valence-electron chi connectivity index (χ3n) is 4.61. The molecule has 0 saturated heterocycles. The Hall–Kier alpha value is -2.13. The molecule has 0 aromatic carbocycles. The van der Waals surface area contributed by atoms with E-state index in [0.717, 1.165) is 25.7 Å². The number of hydrogen-bond acceptors (Lipinski definition) is 5. The minimum atomic E-state index is -2.94. The summed E-state index contributed by atoms with van der Waals surface area (Å²) in [4.78, 5) is 8.48. The monoisotopic (exact) mass is 317 g/mol. The van der Waals surface area contributed by atoms with Crippen molar-refractivity contribution in [2.45, 2.75) is 51.1 Å². The number of nitrogens with zero attached hydrogens (tertiary/aromatic N) is 4. The van der Waals surface area contributed by atoms with Gasteiger partial charge in [-0.05, 0) is 38.5 Å². The van der Waals surface area contributed by atoms with Gasteiger partial charge in [-0.25, -0.2) is 9.97 Å². The normalized spacial score (nSPS) is 27.2. The lowest BCUT2D eigenvalue weighted by Gasteiger charge is -2.30. The summed E-state index contributed by atoms with van der Waals surface area (Å²) in [6.07, 6.45) is 2.35. The van der Waals surface area contributed by atoms with Gasteiger partial charge in [-0.1, -0.05) is 0 Å². The number of anilines is 1. The van der Waals surface area contributed by atoms with Crippen LogP contribution in [0.15, 0.2) is 12.3 Å². The molecule has 1 fully saturated rings. The zero-order chi connectivity index (χ0) is 19.8. The second-order valence-corrected chi connectivity index (χ2v) is 6.00. The van der Waals surface area contributed by atoms with E-state index in [4.69, 9.17) is 10.7 Å². The van der Waals surface area contributed by atoms with Crippen LogP contribution < -0.4 is 5.32 Å². The van der Waals surface area contributed by atoms with Crippen LogP contribution in [-0.4, -0.2) is 26.7 Å². The standard InChI is InChI=1S/C17H23N5O/c1-11(23)17-21-14-10-20-16(19-2)9-15(14)22(17)13-5-3-12(4-6-13)7-8-18/h9-13,23H,3-7H2,1-2H3,(H,19,20)/t11?,12-,13-/i1D3,11D. The van der Waals surface area contributed by atoms with Crippen molar-refractivity contribution in [3.8, 4) is 6.07 Å². The van der Waals surface area contributed by atoms with Crippen LogP contribution >= 0.6 is 0 Å². The quantitative estimate of drug-likeness (QED) is 0.904. The van der Waals surface area contributed by atoms with Gasteiger partial charge in [0.15, 0.2) is 0 Å². The van der Waals surface area contributed by atoms with Crippen molar-refractivity contribution in [1.82, 2.24) is 14.5 Å². The first-order chi connectivity index (χ1) is 12.7. The Kier molecular flexibility index (Phi) is 3.25. The van der Waals surface area contributed by atoms with Gasteiger partial charge in [-0.15, -0.1) is 0 Å². The summed E-state index contributed by atoms with van der Waals surface area (Å²) in [5.41, 5.74) is 1.08. The molecule has 2 aromatic rings. The summed E-state index contributed by atoms with van der Waals surface area (Å²) in [5, 5.41) is 22.4. The number of hydrogen-bond donors (Lipinski definition) is 2. The van der Waals surface area contributed by atoms with Gasteiger partial charge < -0.3 is 15.0 Å². The highest BCUT2D eigenvalue weighted by atomic mass is 16.3. The van der Waals surface area contributed by atoms with E-state index in [0.29, 0.717) is 29.2 Å². The van der Waals surface area contributed by atoms with Crippen LogP contribution in [0.4, 0.5) is 5.82 Å². The number of aliphatic hydroxyl groups is 1. The number of nitriles is 1. The van der Waals surface area contributed by atoms with Crippen LogP contribution in [0, 0.1) is 17.2 Å². The lowest BCUT2D eigenvalue weighted by molar-refractivity contribution is 0.175. The molecule has 2 N–H and O–H groups in total. The molecule has 2 heterocycles. The maximum atomic E-state index is 10.5. The Morgan fingerprint density at radius 2 is 2.35 bits per heavy atom. The fourth-order valence-corrected chi connectivity index (χ4v) is 3.41. The highest BCUT2D eigenvalue weighted by Crippen LogP contribution is 2.37. The van der Waals surface area contributed by atoms with E-state index in [1.54, 1.807) is 17.7 Å². The Labute approximate surface area is 141 Å². The van der Waals surface area contributed by atoms with Crippen LogP contribution in [0.5, 0.6) is 0 Å². The minimum absolute atomic E-state index is 0.0914. The molecule has 1 unspecified atom stereocenters. The number of aromatic nitrogens is 3. The van der Waals surface area contributed by atoms with Crippen molar-refractivity contribution in [2.24, 2.45) is 5.92 Å². The van der Waals surface area contributed by atoms with E-state index in [1.165, 1.54) is 6.20 Å². The molecule has 23 heavy (non-hydrogen) atoms. The third-order valence-corrected chi connectivity index (χ3v) is 4.61. The zero-order valence-corrected chi connectivity index (χ0v) is 13.1. The molecule has 0 radical (unpaired) electrons. The average molecular weight is 317 g/mol. The van der Waals surface area contributed by atoms with Crippen molar-refractivity contribution in [3.63, 3.8) is 0 Å². The van der Waals surface area contributed by atoms with Gasteiger partial charge in [0.1, 0.15) is 23.2 Å². The molecule has 3 rings (SSSR count). The van der Waals surface area contributed by atoms with Crippen molar-refractivity contribution in [1.29, 1.82) is 5.26 Å². The fourth-order valence-electron chi connectivity index (χ4n) is 3.41. The van der Waals surface area contributed by atoms with E-state index in [1.807, 2.05) is 0 Å². The molecule has 6 nitrogen and oxygen atoms in total. The number of imidazole rings is 1. The van der Waals surface area contributed by atoms with E-state index >= 15 is 0 Å². The maximum absolute atomic E-state index is 10.5. The highest BCUT2D eigenvalue weighted by molar-refractivity contribution is 5.78. The number of rotatable bonds is 4. The van der Waals surface area contributed by atoms with Crippen LogP contribution in [-0.2, 0) is 0 Å². The largest absolute Gasteiger partial charge is 0.385 e. The maximum Gasteiger partial charge on any atom is 0.138 e. The Morgan fingerprint density at radius 3 is 3.00 bits per heavy atom. The smallest absolute Gasteiger partial charge is 0.138 e. The van der Waals surface area contributed by atoms with Crippen LogP contribution in [0.2, 0.25) is 0 Å². The fraction of sp³-hybridized carbons (Fsp3) is 0.588. The van der Waals surface area contributed by atoms with Gasteiger partial charge in [-0.3, -0.25) is 0 Å². The molecule has 1 atom stereocenters. The minimum Gasteiger partial charge on any atom is -0.385 e.